The van der Waals surface area contributed by atoms with E-state index in [0.717, 1.165) is 12.8 Å². The molecule has 1 aliphatic rings. The Labute approximate surface area is 220 Å². The number of hydrogen-bond donors (Lipinski definition) is 3. The van der Waals surface area contributed by atoms with Crippen LogP contribution in [0.15, 0.2) is 77.7 Å². The van der Waals surface area contributed by atoms with Crippen molar-refractivity contribution < 1.29 is 32.2 Å². The van der Waals surface area contributed by atoms with Crippen molar-refractivity contribution in [1.82, 2.24) is 10.2 Å². The number of benzene rings is 3. The van der Waals surface area contributed by atoms with Gasteiger partial charge in [-0.1, -0.05) is 12.1 Å². The van der Waals surface area contributed by atoms with E-state index >= 15 is 0 Å². The highest BCUT2D eigenvalue weighted by molar-refractivity contribution is 7.92. The summed E-state index contributed by atoms with van der Waals surface area (Å²) in [6, 6.07) is 17.0. The molecule has 0 atom stereocenters. The first-order valence-electron chi connectivity index (χ1n) is 12.1. The van der Waals surface area contributed by atoms with Crippen LogP contribution in [-0.2, 0) is 14.8 Å². The summed E-state index contributed by atoms with van der Waals surface area (Å²) in [5.74, 6) is -0.369. The molecule has 3 aromatic carbocycles. The average molecular weight is 542 g/mol. The molecule has 38 heavy (non-hydrogen) atoms. The number of sulfonamides is 1. The summed E-state index contributed by atoms with van der Waals surface area (Å²) in [4.78, 5) is 26.5. The number of carbonyl (C=O) groups excluding carboxylic acids is 2. The first-order chi connectivity index (χ1) is 18.2. The largest absolute Gasteiger partial charge is 0.455 e. The Morgan fingerprint density at radius 3 is 2.29 bits per heavy atom. The Bertz CT molecular complexity index is 1370. The molecule has 2 amide bonds. The van der Waals surface area contributed by atoms with E-state index in [2.05, 4.69) is 10.0 Å². The van der Waals surface area contributed by atoms with E-state index in [1.54, 1.807) is 23.1 Å². The maximum Gasteiger partial charge on any atom is 0.262 e. The lowest BCUT2D eigenvalue weighted by Gasteiger charge is -2.31. The second kappa shape index (κ2) is 12.1. The van der Waals surface area contributed by atoms with Gasteiger partial charge in [-0.25, -0.2) is 12.8 Å². The third kappa shape index (κ3) is 6.87. The van der Waals surface area contributed by atoms with Crippen molar-refractivity contribution >= 4 is 27.5 Å². The molecule has 0 aromatic heterocycles. The normalized spacial score (nSPS) is 14.1. The number of hydrogen-bond acceptors (Lipinski definition) is 6. The molecule has 1 fully saturated rings. The molecule has 4 rings (SSSR count). The van der Waals surface area contributed by atoms with Gasteiger partial charge in [0.05, 0.1) is 17.1 Å². The number of piperidine rings is 1. The Morgan fingerprint density at radius 2 is 1.63 bits per heavy atom. The summed E-state index contributed by atoms with van der Waals surface area (Å²) in [5.41, 5.74) is 0.385. The monoisotopic (exact) mass is 541 g/mol. The van der Waals surface area contributed by atoms with Crippen molar-refractivity contribution in [3.8, 4) is 11.5 Å². The molecular weight excluding hydrogens is 513 g/mol. The van der Waals surface area contributed by atoms with Crippen molar-refractivity contribution in [1.29, 1.82) is 0 Å². The molecule has 200 valence electrons. The lowest BCUT2D eigenvalue weighted by Crippen LogP contribution is -2.44. The van der Waals surface area contributed by atoms with Gasteiger partial charge < -0.3 is 20.1 Å². The highest BCUT2D eigenvalue weighted by Crippen LogP contribution is 2.31. The van der Waals surface area contributed by atoms with Crippen LogP contribution in [0.4, 0.5) is 10.1 Å². The summed E-state index contributed by atoms with van der Waals surface area (Å²) in [5, 5.41) is 11.8. The number of nitrogens with zero attached hydrogens (tertiary/aromatic N) is 1. The highest BCUT2D eigenvalue weighted by atomic mass is 32.2. The van der Waals surface area contributed by atoms with Crippen molar-refractivity contribution in [2.24, 2.45) is 5.92 Å². The Kier molecular flexibility index (Phi) is 8.59. The second-order valence-electron chi connectivity index (χ2n) is 8.87. The molecule has 3 aromatic rings. The predicted molar refractivity (Wildman–Crippen MR) is 139 cm³/mol. The Balaban J connectivity index is 1.36. The number of likely N-dealkylation sites (tertiary alicyclic amines) is 1. The average Bonchev–Trinajstić information content (AvgIpc) is 2.94. The minimum Gasteiger partial charge on any atom is -0.455 e. The molecule has 0 saturated carbocycles. The quantitative estimate of drug-likeness (QED) is 0.382. The van der Waals surface area contributed by atoms with Crippen LogP contribution in [0.25, 0.3) is 0 Å². The van der Waals surface area contributed by atoms with Crippen LogP contribution in [0.2, 0.25) is 0 Å². The van der Waals surface area contributed by atoms with Crippen molar-refractivity contribution in [3.63, 3.8) is 0 Å². The fourth-order valence-electron chi connectivity index (χ4n) is 3.99. The van der Waals surface area contributed by atoms with Gasteiger partial charge in [0.1, 0.15) is 11.6 Å². The zero-order valence-corrected chi connectivity index (χ0v) is 21.3. The zero-order chi connectivity index (χ0) is 27.1. The number of anilines is 1. The molecule has 9 nitrogen and oxygen atoms in total. The van der Waals surface area contributed by atoms with E-state index in [4.69, 9.17) is 4.74 Å². The van der Waals surface area contributed by atoms with Gasteiger partial charge in [-0.15, -0.1) is 0 Å². The Hall–Kier alpha value is -3.96. The first kappa shape index (κ1) is 27.1. The van der Waals surface area contributed by atoms with Gasteiger partial charge in [0.15, 0.2) is 5.75 Å². The van der Waals surface area contributed by atoms with E-state index in [1.807, 2.05) is 0 Å². The van der Waals surface area contributed by atoms with Gasteiger partial charge in [0, 0.05) is 25.3 Å². The SMILES string of the molecule is O=C(NCC(=O)N1CCC(CO)CC1)c1ccc(S(=O)(=O)Nc2ccccc2Oc2ccc(F)cc2)cc1. The number of aliphatic hydroxyl groups is 1. The molecule has 1 heterocycles. The molecule has 0 bridgehead atoms. The van der Waals surface area contributed by atoms with Crippen molar-refractivity contribution in [2.75, 3.05) is 31.0 Å². The number of halogens is 1. The number of ether oxygens (including phenoxy) is 1. The van der Waals surface area contributed by atoms with E-state index in [0.29, 0.717) is 18.8 Å². The molecule has 11 heteroatoms. The van der Waals surface area contributed by atoms with Crippen LogP contribution >= 0.6 is 0 Å². The summed E-state index contributed by atoms with van der Waals surface area (Å²) in [6.45, 7) is 1.01. The van der Waals surface area contributed by atoms with Crippen molar-refractivity contribution in [2.45, 2.75) is 17.7 Å². The number of rotatable bonds is 9. The van der Waals surface area contributed by atoms with Crippen LogP contribution in [0.1, 0.15) is 23.2 Å². The lowest BCUT2D eigenvalue weighted by molar-refractivity contribution is -0.131. The summed E-state index contributed by atoms with van der Waals surface area (Å²) >= 11 is 0. The fourth-order valence-corrected chi connectivity index (χ4v) is 5.06. The smallest absolute Gasteiger partial charge is 0.262 e. The van der Waals surface area contributed by atoms with Crippen LogP contribution in [0, 0.1) is 11.7 Å². The highest BCUT2D eigenvalue weighted by Gasteiger charge is 2.23. The lowest BCUT2D eigenvalue weighted by atomic mass is 9.98. The number of amides is 2. The maximum absolute atomic E-state index is 13.2. The third-order valence-corrected chi connectivity index (χ3v) is 7.61. The van der Waals surface area contributed by atoms with Gasteiger partial charge in [-0.05, 0) is 79.4 Å². The fraction of sp³-hybridized carbons (Fsp3) is 0.259. The molecule has 1 aliphatic heterocycles. The van der Waals surface area contributed by atoms with Crippen LogP contribution < -0.4 is 14.8 Å². The number of nitrogens with one attached hydrogen (secondary N) is 2. The van der Waals surface area contributed by atoms with E-state index in [-0.39, 0.29) is 46.9 Å². The number of carbonyl (C=O) groups is 2. The third-order valence-electron chi connectivity index (χ3n) is 6.23. The minimum atomic E-state index is -4.02. The van der Waals surface area contributed by atoms with Crippen LogP contribution in [0.3, 0.4) is 0 Å². The van der Waals surface area contributed by atoms with Gasteiger partial charge in [0.25, 0.3) is 15.9 Å². The second-order valence-corrected chi connectivity index (χ2v) is 10.6. The minimum absolute atomic E-state index is 0.0755. The number of para-hydroxylation sites is 2. The van der Waals surface area contributed by atoms with Gasteiger partial charge in [0.2, 0.25) is 5.91 Å². The van der Waals surface area contributed by atoms with Crippen LogP contribution in [0.5, 0.6) is 11.5 Å². The first-order valence-corrected chi connectivity index (χ1v) is 13.6. The number of aliphatic hydroxyl groups excluding tert-OH is 1. The predicted octanol–water partition coefficient (Wildman–Crippen LogP) is 3.38. The van der Waals surface area contributed by atoms with Crippen LogP contribution in [-0.4, -0.2) is 56.5 Å². The Morgan fingerprint density at radius 1 is 0.974 bits per heavy atom. The molecule has 1 saturated heterocycles. The molecule has 0 radical (unpaired) electrons. The van der Waals surface area contributed by atoms with E-state index in [9.17, 15) is 27.5 Å². The summed E-state index contributed by atoms with van der Waals surface area (Å²) < 4.78 is 47.3. The molecule has 0 spiro atoms. The summed E-state index contributed by atoms with van der Waals surface area (Å²) in [6.07, 6.45) is 1.45. The van der Waals surface area contributed by atoms with E-state index in [1.165, 1.54) is 54.6 Å². The molecular formula is C27H28FN3O6S. The summed E-state index contributed by atoms with van der Waals surface area (Å²) in [7, 11) is -4.02. The standard InChI is InChI=1S/C27H28FN3O6S/c28-21-7-9-22(10-8-21)37-25-4-2-1-3-24(25)30-38(35,36)23-11-5-20(6-12-23)27(34)29-17-26(33)31-15-13-19(18-32)14-16-31/h1-12,19,30,32H,13-18H2,(H,29,34). The molecule has 0 aliphatic carbocycles. The van der Waals surface area contributed by atoms with Gasteiger partial charge in [-0.3, -0.25) is 14.3 Å². The zero-order valence-electron chi connectivity index (χ0n) is 20.5. The van der Waals surface area contributed by atoms with Crippen molar-refractivity contribution in [3.05, 3.63) is 84.2 Å². The maximum atomic E-state index is 13.2. The molecule has 0 unspecified atom stereocenters. The van der Waals surface area contributed by atoms with E-state index < -0.39 is 21.7 Å². The topological polar surface area (TPSA) is 125 Å². The molecule has 3 N–H and O–H groups in total. The van der Waals surface area contributed by atoms with Gasteiger partial charge in [-0.2, -0.15) is 0 Å². The van der Waals surface area contributed by atoms with Gasteiger partial charge >= 0.3 is 0 Å².